The van der Waals surface area contributed by atoms with E-state index in [0.29, 0.717) is 29.2 Å². The Bertz CT molecular complexity index is 1040. The summed E-state index contributed by atoms with van der Waals surface area (Å²) in [5.74, 6) is -0.863. The van der Waals surface area contributed by atoms with Gasteiger partial charge in [-0.25, -0.2) is 9.37 Å². The summed E-state index contributed by atoms with van der Waals surface area (Å²) in [7, 11) is 0. The summed E-state index contributed by atoms with van der Waals surface area (Å²) < 4.78 is 16.7. The van der Waals surface area contributed by atoms with Crippen molar-refractivity contribution < 1.29 is 9.18 Å². The molecule has 4 rings (SSSR count). The van der Waals surface area contributed by atoms with E-state index in [1.165, 1.54) is 17.8 Å². The maximum Gasteiger partial charge on any atom is 0.221 e. The molecule has 0 bridgehead atoms. The van der Waals surface area contributed by atoms with Crippen LogP contribution in [0.3, 0.4) is 0 Å². The number of rotatable bonds is 6. The molecule has 28 heavy (non-hydrogen) atoms. The topological polar surface area (TPSA) is 73.8 Å². The average Bonchev–Trinajstić information content (AvgIpc) is 3.39. The molecule has 0 spiro atoms. The summed E-state index contributed by atoms with van der Waals surface area (Å²) in [4.78, 5) is 16.4. The van der Waals surface area contributed by atoms with E-state index < -0.39 is 0 Å². The third kappa shape index (κ3) is 3.77. The number of primary amides is 1. The van der Waals surface area contributed by atoms with Crippen LogP contribution < -0.4 is 5.73 Å². The Hall–Kier alpha value is -2.38. The second kappa shape index (κ2) is 7.56. The highest BCUT2D eigenvalue weighted by atomic mass is 35.5. The van der Waals surface area contributed by atoms with Crippen molar-refractivity contribution in [3.8, 4) is 11.3 Å². The molecule has 2 unspecified atom stereocenters. The summed E-state index contributed by atoms with van der Waals surface area (Å²) in [5.41, 5.74) is 7.13. The summed E-state index contributed by atoms with van der Waals surface area (Å²) in [6, 6.07) is 8.65. The van der Waals surface area contributed by atoms with Crippen LogP contribution in [-0.2, 0) is 11.3 Å². The van der Waals surface area contributed by atoms with Crippen molar-refractivity contribution in [2.24, 2.45) is 11.7 Å². The van der Waals surface area contributed by atoms with Gasteiger partial charge in [0.05, 0.1) is 9.92 Å². The molecule has 2 heterocycles. The van der Waals surface area contributed by atoms with Crippen LogP contribution in [0.15, 0.2) is 52.6 Å². The lowest BCUT2D eigenvalue weighted by Gasteiger charge is -2.06. The standard InChI is InChI=1S/C20H18ClFN4OS/c1-2-26-10-17(28-18-6-4-12(21)9-24-18)19(25-26)13-5-3-11(7-16(13)22)14-8-15(14)20(23)27/h3-7,9-10,14-15H,2,8H2,1H3,(H2,23,27). The van der Waals surface area contributed by atoms with Crippen LogP contribution in [0, 0.1) is 11.7 Å². The second-order valence-corrected chi connectivity index (χ2v) is 8.20. The molecule has 5 nitrogen and oxygen atoms in total. The fourth-order valence-electron chi connectivity index (χ4n) is 3.19. The van der Waals surface area contributed by atoms with Crippen LogP contribution in [0.5, 0.6) is 0 Å². The Kier molecular flexibility index (Phi) is 5.12. The average molecular weight is 417 g/mol. The lowest BCUT2D eigenvalue weighted by atomic mass is 10.0. The Morgan fingerprint density at radius 1 is 1.39 bits per heavy atom. The second-order valence-electron chi connectivity index (χ2n) is 6.70. The molecule has 2 aromatic heterocycles. The van der Waals surface area contributed by atoms with Crippen molar-refractivity contribution >= 4 is 29.3 Å². The molecule has 1 saturated carbocycles. The van der Waals surface area contributed by atoms with Crippen LogP contribution in [-0.4, -0.2) is 20.7 Å². The number of nitrogens with two attached hydrogens (primary N) is 1. The number of carbonyl (C=O) groups excluding carboxylic acids is 1. The van der Waals surface area contributed by atoms with E-state index >= 15 is 0 Å². The van der Waals surface area contributed by atoms with Gasteiger partial charge in [-0.1, -0.05) is 29.4 Å². The minimum Gasteiger partial charge on any atom is -0.369 e. The first-order chi connectivity index (χ1) is 13.5. The molecular formula is C20H18ClFN4OS. The largest absolute Gasteiger partial charge is 0.369 e. The molecule has 1 aliphatic carbocycles. The van der Waals surface area contributed by atoms with Crippen LogP contribution in [0.1, 0.15) is 24.8 Å². The normalized spacial score (nSPS) is 18.2. The van der Waals surface area contributed by atoms with Crippen molar-refractivity contribution in [2.45, 2.75) is 35.7 Å². The van der Waals surface area contributed by atoms with Crippen molar-refractivity contribution in [3.05, 3.63) is 59.1 Å². The molecule has 1 fully saturated rings. The minimum absolute atomic E-state index is 0.0151. The zero-order chi connectivity index (χ0) is 19.8. The van der Waals surface area contributed by atoms with Gasteiger partial charge in [0.15, 0.2) is 0 Å². The summed E-state index contributed by atoms with van der Waals surface area (Å²) in [6.45, 7) is 2.64. The number of amides is 1. The quantitative estimate of drug-likeness (QED) is 0.642. The molecule has 1 aromatic carbocycles. The molecule has 1 amide bonds. The number of aromatic nitrogens is 3. The molecule has 3 aromatic rings. The molecule has 2 N–H and O–H groups in total. The Morgan fingerprint density at radius 3 is 2.82 bits per heavy atom. The van der Waals surface area contributed by atoms with E-state index in [2.05, 4.69) is 10.1 Å². The lowest BCUT2D eigenvalue weighted by molar-refractivity contribution is -0.119. The van der Waals surface area contributed by atoms with Gasteiger partial charge < -0.3 is 5.73 Å². The van der Waals surface area contributed by atoms with E-state index in [-0.39, 0.29) is 23.6 Å². The van der Waals surface area contributed by atoms with E-state index in [9.17, 15) is 9.18 Å². The van der Waals surface area contributed by atoms with Gasteiger partial charge in [0.25, 0.3) is 0 Å². The van der Waals surface area contributed by atoms with E-state index in [1.807, 2.05) is 25.3 Å². The summed E-state index contributed by atoms with van der Waals surface area (Å²) in [5, 5.41) is 5.85. The van der Waals surface area contributed by atoms with Crippen LogP contribution in [0.4, 0.5) is 4.39 Å². The van der Waals surface area contributed by atoms with E-state index in [1.54, 1.807) is 23.0 Å². The van der Waals surface area contributed by atoms with Gasteiger partial charge in [0.2, 0.25) is 5.91 Å². The third-order valence-electron chi connectivity index (χ3n) is 4.80. The monoisotopic (exact) mass is 416 g/mol. The third-order valence-corrected chi connectivity index (χ3v) is 5.99. The van der Waals surface area contributed by atoms with Crippen molar-refractivity contribution in [3.63, 3.8) is 0 Å². The van der Waals surface area contributed by atoms with Gasteiger partial charge in [-0.05, 0) is 49.1 Å². The maximum atomic E-state index is 14.9. The van der Waals surface area contributed by atoms with Crippen molar-refractivity contribution in [1.82, 2.24) is 14.8 Å². The zero-order valence-corrected chi connectivity index (χ0v) is 16.7. The van der Waals surface area contributed by atoms with Crippen LogP contribution in [0.25, 0.3) is 11.3 Å². The van der Waals surface area contributed by atoms with Crippen LogP contribution in [0.2, 0.25) is 5.02 Å². The lowest BCUT2D eigenvalue weighted by Crippen LogP contribution is -2.13. The molecular weight excluding hydrogens is 399 g/mol. The number of halogens is 2. The molecule has 0 saturated heterocycles. The molecule has 144 valence electrons. The first kappa shape index (κ1) is 19.0. The molecule has 2 atom stereocenters. The SMILES string of the molecule is CCn1cc(Sc2ccc(Cl)cn2)c(-c2ccc(C3CC3C(N)=O)cc2F)n1. The van der Waals surface area contributed by atoms with Gasteiger partial charge in [0, 0.05) is 30.4 Å². The highest BCUT2D eigenvalue weighted by Crippen LogP contribution is 2.48. The first-order valence-corrected chi connectivity index (χ1v) is 10.1. The Labute approximate surface area is 171 Å². The molecule has 0 radical (unpaired) electrons. The van der Waals surface area contributed by atoms with Gasteiger partial charge in [-0.2, -0.15) is 5.10 Å². The molecule has 1 aliphatic rings. The highest BCUT2D eigenvalue weighted by Gasteiger charge is 2.42. The molecule has 0 aliphatic heterocycles. The number of carbonyl (C=O) groups is 1. The van der Waals surface area contributed by atoms with E-state index in [4.69, 9.17) is 17.3 Å². The molecule has 8 heteroatoms. The fourth-order valence-corrected chi connectivity index (χ4v) is 4.19. The zero-order valence-electron chi connectivity index (χ0n) is 15.1. The van der Waals surface area contributed by atoms with Gasteiger partial charge in [-0.3, -0.25) is 9.48 Å². The Balaban J connectivity index is 1.66. The predicted molar refractivity (Wildman–Crippen MR) is 107 cm³/mol. The van der Waals surface area contributed by atoms with Gasteiger partial charge >= 0.3 is 0 Å². The number of nitrogens with zero attached hydrogens (tertiary/aromatic N) is 3. The van der Waals surface area contributed by atoms with E-state index in [0.717, 1.165) is 15.5 Å². The number of aryl methyl sites for hydroxylation is 1. The van der Waals surface area contributed by atoms with Crippen molar-refractivity contribution in [2.75, 3.05) is 0 Å². The summed E-state index contributed by atoms with van der Waals surface area (Å²) in [6.07, 6.45) is 4.14. The highest BCUT2D eigenvalue weighted by molar-refractivity contribution is 7.99. The fraction of sp³-hybridized carbons (Fsp3) is 0.250. The first-order valence-electron chi connectivity index (χ1n) is 8.92. The van der Waals surface area contributed by atoms with Crippen LogP contribution >= 0.6 is 23.4 Å². The minimum atomic E-state index is -0.361. The number of pyridine rings is 1. The summed E-state index contributed by atoms with van der Waals surface area (Å²) >= 11 is 7.31. The maximum absolute atomic E-state index is 14.9. The Morgan fingerprint density at radius 2 is 2.21 bits per heavy atom. The predicted octanol–water partition coefficient (Wildman–Crippen LogP) is 4.50. The van der Waals surface area contributed by atoms with Crippen molar-refractivity contribution in [1.29, 1.82) is 0 Å². The number of benzene rings is 1. The number of hydrogen-bond donors (Lipinski definition) is 1. The number of hydrogen-bond acceptors (Lipinski definition) is 4. The van der Waals surface area contributed by atoms with Gasteiger partial charge in [0.1, 0.15) is 16.5 Å². The van der Waals surface area contributed by atoms with Gasteiger partial charge in [-0.15, -0.1) is 0 Å². The smallest absolute Gasteiger partial charge is 0.221 e.